The fraction of sp³-hybridized carbons (Fsp3) is 0.650. The van der Waals surface area contributed by atoms with Crippen molar-refractivity contribution >= 4 is 5.91 Å². The van der Waals surface area contributed by atoms with Crippen LogP contribution in [-0.4, -0.2) is 66.4 Å². The fourth-order valence-electron chi connectivity index (χ4n) is 3.45. The molecule has 1 aliphatic heterocycles. The van der Waals surface area contributed by atoms with Crippen LogP contribution in [0.25, 0.3) is 0 Å². The van der Waals surface area contributed by atoms with E-state index in [9.17, 15) is 4.79 Å². The van der Waals surface area contributed by atoms with Crippen molar-refractivity contribution in [3.05, 3.63) is 35.4 Å². The number of carbonyl (C=O) groups is 1. The molecule has 1 saturated heterocycles. The lowest BCUT2D eigenvalue weighted by Gasteiger charge is -2.36. The average molecular weight is 329 g/mol. The van der Waals surface area contributed by atoms with Crippen LogP contribution in [0.2, 0.25) is 0 Å². The number of hydrogen-bond acceptors (Lipinski definition) is 3. The number of piperazine rings is 1. The number of amides is 1. The fourth-order valence-corrected chi connectivity index (χ4v) is 3.45. The number of aryl methyl sites for hydroxylation is 1. The van der Waals surface area contributed by atoms with Gasteiger partial charge in [0.1, 0.15) is 0 Å². The maximum Gasteiger partial charge on any atom is 0.236 e. The van der Waals surface area contributed by atoms with Crippen LogP contribution in [-0.2, 0) is 11.3 Å². The highest BCUT2D eigenvalue weighted by Crippen LogP contribution is 2.29. The topological polar surface area (TPSA) is 26.8 Å². The maximum atomic E-state index is 12.6. The summed E-state index contributed by atoms with van der Waals surface area (Å²) in [5.74, 6) is 1.16. The smallest absolute Gasteiger partial charge is 0.236 e. The largest absolute Gasteiger partial charge is 0.339 e. The number of carbonyl (C=O) groups excluding carboxylic acids is 1. The molecular formula is C20H31N3O. The molecule has 0 unspecified atom stereocenters. The minimum atomic E-state index is 0.313. The highest BCUT2D eigenvalue weighted by Gasteiger charge is 2.27. The first-order valence-corrected chi connectivity index (χ1v) is 9.42. The number of hydrogen-bond donors (Lipinski definition) is 0. The van der Waals surface area contributed by atoms with Crippen LogP contribution in [0, 0.1) is 12.8 Å². The summed E-state index contributed by atoms with van der Waals surface area (Å²) in [6.07, 6.45) is 2.70. The van der Waals surface area contributed by atoms with E-state index >= 15 is 0 Å². The van der Waals surface area contributed by atoms with Gasteiger partial charge in [-0.1, -0.05) is 31.2 Å². The average Bonchev–Trinajstić information content (AvgIpc) is 3.41. The molecule has 1 amide bonds. The highest BCUT2D eigenvalue weighted by atomic mass is 16.2. The van der Waals surface area contributed by atoms with Gasteiger partial charge in [-0.15, -0.1) is 0 Å². The molecule has 132 valence electrons. The number of benzene rings is 1. The molecule has 2 fully saturated rings. The molecule has 4 heteroatoms. The van der Waals surface area contributed by atoms with Crippen LogP contribution >= 0.6 is 0 Å². The summed E-state index contributed by atoms with van der Waals surface area (Å²) in [5.41, 5.74) is 2.76. The molecule has 24 heavy (non-hydrogen) atoms. The van der Waals surface area contributed by atoms with E-state index in [0.717, 1.165) is 51.7 Å². The quantitative estimate of drug-likeness (QED) is 0.768. The number of nitrogens with zero attached hydrogens (tertiary/aromatic N) is 3. The van der Waals surface area contributed by atoms with E-state index in [1.165, 1.54) is 24.0 Å². The van der Waals surface area contributed by atoms with Crippen molar-refractivity contribution < 1.29 is 4.79 Å². The summed E-state index contributed by atoms with van der Waals surface area (Å²) in [6, 6.07) is 8.59. The summed E-state index contributed by atoms with van der Waals surface area (Å²) >= 11 is 0. The van der Waals surface area contributed by atoms with Crippen molar-refractivity contribution in [2.24, 2.45) is 5.92 Å². The molecule has 0 aromatic heterocycles. The van der Waals surface area contributed by atoms with Gasteiger partial charge in [-0.2, -0.15) is 0 Å². The standard InChI is InChI=1S/C20H31N3O/c1-3-21(14-18-8-9-18)16-20(24)23-12-10-22(11-13-23)15-19-7-5-4-6-17(19)2/h4-7,18H,3,8-16H2,1-2H3. The molecule has 0 radical (unpaired) electrons. The lowest BCUT2D eigenvalue weighted by Crippen LogP contribution is -2.51. The molecule has 1 aromatic carbocycles. The predicted molar refractivity (Wildman–Crippen MR) is 97.9 cm³/mol. The van der Waals surface area contributed by atoms with Gasteiger partial charge in [0.05, 0.1) is 6.54 Å². The molecule has 4 nitrogen and oxygen atoms in total. The summed E-state index contributed by atoms with van der Waals surface area (Å²) in [6.45, 7) is 11.7. The molecule has 0 spiro atoms. The summed E-state index contributed by atoms with van der Waals surface area (Å²) in [4.78, 5) is 19.4. The summed E-state index contributed by atoms with van der Waals surface area (Å²) in [5, 5.41) is 0. The monoisotopic (exact) mass is 329 g/mol. The molecule has 1 heterocycles. The third-order valence-electron chi connectivity index (χ3n) is 5.40. The zero-order valence-corrected chi connectivity index (χ0v) is 15.2. The zero-order valence-electron chi connectivity index (χ0n) is 15.2. The van der Waals surface area contributed by atoms with Gasteiger partial charge in [0, 0.05) is 39.3 Å². The third kappa shape index (κ3) is 4.81. The van der Waals surface area contributed by atoms with E-state index in [1.807, 2.05) is 0 Å². The van der Waals surface area contributed by atoms with Gasteiger partial charge in [0.25, 0.3) is 0 Å². The second-order valence-corrected chi connectivity index (χ2v) is 7.35. The zero-order chi connectivity index (χ0) is 16.9. The van der Waals surface area contributed by atoms with Gasteiger partial charge in [-0.05, 0) is 43.4 Å². The molecule has 1 saturated carbocycles. The van der Waals surface area contributed by atoms with Crippen LogP contribution < -0.4 is 0 Å². The van der Waals surface area contributed by atoms with E-state index in [2.05, 4.69) is 52.8 Å². The Balaban J connectivity index is 1.44. The Kier molecular flexibility index (Phi) is 5.90. The molecule has 0 bridgehead atoms. The molecule has 1 aromatic rings. The molecule has 0 N–H and O–H groups in total. The Bertz CT molecular complexity index is 548. The van der Waals surface area contributed by atoms with Gasteiger partial charge >= 0.3 is 0 Å². The van der Waals surface area contributed by atoms with Gasteiger partial charge in [-0.3, -0.25) is 14.6 Å². The van der Waals surface area contributed by atoms with Crippen molar-refractivity contribution in [2.75, 3.05) is 45.8 Å². The third-order valence-corrected chi connectivity index (χ3v) is 5.40. The van der Waals surface area contributed by atoms with Gasteiger partial charge < -0.3 is 4.90 Å². The van der Waals surface area contributed by atoms with Crippen LogP contribution in [0.15, 0.2) is 24.3 Å². The second kappa shape index (κ2) is 8.13. The van der Waals surface area contributed by atoms with Crippen LogP contribution in [0.5, 0.6) is 0 Å². The van der Waals surface area contributed by atoms with Crippen LogP contribution in [0.3, 0.4) is 0 Å². The second-order valence-electron chi connectivity index (χ2n) is 7.35. The summed E-state index contributed by atoms with van der Waals surface area (Å²) in [7, 11) is 0. The van der Waals surface area contributed by atoms with Crippen molar-refractivity contribution in [2.45, 2.75) is 33.2 Å². The lowest BCUT2D eigenvalue weighted by atomic mass is 10.1. The highest BCUT2D eigenvalue weighted by molar-refractivity contribution is 5.78. The van der Waals surface area contributed by atoms with Crippen molar-refractivity contribution in [1.82, 2.24) is 14.7 Å². The SMILES string of the molecule is CCN(CC(=O)N1CCN(Cc2ccccc2C)CC1)CC1CC1. The minimum Gasteiger partial charge on any atom is -0.339 e. The number of likely N-dealkylation sites (N-methyl/N-ethyl adjacent to an activating group) is 1. The normalized spacial score (nSPS) is 19.0. The Morgan fingerprint density at radius 3 is 2.50 bits per heavy atom. The van der Waals surface area contributed by atoms with Crippen molar-refractivity contribution in [3.63, 3.8) is 0 Å². The Labute approximate surface area is 146 Å². The van der Waals surface area contributed by atoms with Gasteiger partial charge in [0.15, 0.2) is 0 Å². The van der Waals surface area contributed by atoms with Gasteiger partial charge in [-0.25, -0.2) is 0 Å². The van der Waals surface area contributed by atoms with E-state index in [1.54, 1.807) is 0 Å². The van der Waals surface area contributed by atoms with E-state index in [-0.39, 0.29) is 0 Å². The first-order chi connectivity index (χ1) is 11.7. The van der Waals surface area contributed by atoms with Crippen LogP contribution in [0.1, 0.15) is 30.9 Å². The molecule has 1 aliphatic carbocycles. The predicted octanol–water partition coefficient (Wildman–Crippen LogP) is 2.37. The molecular weight excluding hydrogens is 298 g/mol. The Morgan fingerprint density at radius 1 is 1.17 bits per heavy atom. The van der Waals surface area contributed by atoms with E-state index in [4.69, 9.17) is 0 Å². The number of rotatable bonds is 7. The molecule has 0 atom stereocenters. The minimum absolute atomic E-state index is 0.313. The first kappa shape index (κ1) is 17.4. The Hall–Kier alpha value is -1.39. The Morgan fingerprint density at radius 2 is 1.88 bits per heavy atom. The van der Waals surface area contributed by atoms with Crippen molar-refractivity contribution in [1.29, 1.82) is 0 Å². The maximum absolute atomic E-state index is 12.6. The lowest BCUT2D eigenvalue weighted by molar-refractivity contribution is -0.134. The van der Waals surface area contributed by atoms with Crippen LogP contribution in [0.4, 0.5) is 0 Å². The molecule has 3 rings (SSSR count). The molecule has 2 aliphatic rings. The van der Waals surface area contributed by atoms with E-state index in [0.29, 0.717) is 12.5 Å². The van der Waals surface area contributed by atoms with Crippen molar-refractivity contribution in [3.8, 4) is 0 Å². The van der Waals surface area contributed by atoms with E-state index < -0.39 is 0 Å². The first-order valence-electron chi connectivity index (χ1n) is 9.42. The van der Waals surface area contributed by atoms with Gasteiger partial charge in [0.2, 0.25) is 5.91 Å². The summed E-state index contributed by atoms with van der Waals surface area (Å²) < 4.78 is 0.